The maximum absolute atomic E-state index is 13.0. The van der Waals surface area contributed by atoms with Crippen LogP contribution in [0.25, 0.3) is 0 Å². The van der Waals surface area contributed by atoms with Gasteiger partial charge in [-0.2, -0.15) is 13.2 Å². The van der Waals surface area contributed by atoms with Crippen molar-refractivity contribution in [2.24, 2.45) is 4.99 Å². The first-order chi connectivity index (χ1) is 14.8. The van der Waals surface area contributed by atoms with Crippen molar-refractivity contribution in [3.8, 4) is 0 Å². The number of carbonyl (C=O) groups is 2. The summed E-state index contributed by atoms with van der Waals surface area (Å²) in [7, 11) is 0. The van der Waals surface area contributed by atoms with Crippen LogP contribution >= 0.6 is 0 Å². The fourth-order valence-corrected chi connectivity index (χ4v) is 4.06. The average molecular weight is 429 g/mol. The molecule has 8 heteroatoms. The van der Waals surface area contributed by atoms with Crippen LogP contribution in [0.2, 0.25) is 0 Å². The number of hydrogen-bond acceptors (Lipinski definition) is 4. The van der Waals surface area contributed by atoms with E-state index in [1.807, 2.05) is 4.90 Å². The maximum Gasteiger partial charge on any atom is 0.471 e. The number of anilines is 2. The zero-order valence-electron chi connectivity index (χ0n) is 16.8. The minimum Gasteiger partial charge on any atom is -0.370 e. The lowest BCUT2D eigenvalue weighted by atomic mass is 9.92. The van der Waals surface area contributed by atoms with Gasteiger partial charge in [0.15, 0.2) is 5.78 Å². The molecule has 2 heterocycles. The van der Waals surface area contributed by atoms with Gasteiger partial charge >= 0.3 is 12.1 Å². The first kappa shape index (κ1) is 21.1. The number of amides is 1. The number of aliphatic imine (C=N–C) groups is 1. The molecule has 2 aliphatic rings. The number of benzene rings is 2. The molecule has 0 unspecified atom stereocenters. The van der Waals surface area contributed by atoms with Crippen molar-refractivity contribution in [2.75, 3.05) is 29.9 Å². The summed E-state index contributed by atoms with van der Waals surface area (Å²) in [6, 6.07) is 12.1. The number of fused-ring (bicyclic) bond motifs is 1. The van der Waals surface area contributed by atoms with Crippen molar-refractivity contribution in [1.82, 2.24) is 0 Å². The fourth-order valence-electron chi connectivity index (χ4n) is 4.06. The number of rotatable bonds is 3. The van der Waals surface area contributed by atoms with E-state index in [4.69, 9.17) is 0 Å². The minimum absolute atomic E-state index is 0.0233. The molecule has 1 fully saturated rings. The number of alkyl halides is 3. The van der Waals surface area contributed by atoms with Crippen LogP contribution in [0.1, 0.15) is 47.2 Å². The van der Waals surface area contributed by atoms with Gasteiger partial charge in [-0.05, 0) is 25.0 Å². The van der Waals surface area contributed by atoms with E-state index in [-0.39, 0.29) is 18.0 Å². The highest BCUT2D eigenvalue weighted by molar-refractivity contribution is 6.22. The Kier molecular flexibility index (Phi) is 5.80. The van der Waals surface area contributed by atoms with E-state index in [1.165, 1.54) is 6.07 Å². The third kappa shape index (κ3) is 4.47. The highest BCUT2D eigenvalue weighted by Crippen LogP contribution is 2.32. The Hall–Kier alpha value is -3.16. The highest BCUT2D eigenvalue weighted by atomic mass is 19.4. The Bertz CT molecular complexity index is 1040. The van der Waals surface area contributed by atoms with Crippen LogP contribution in [0.3, 0.4) is 0 Å². The first-order valence-electron chi connectivity index (χ1n) is 10.3. The van der Waals surface area contributed by atoms with Crippen molar-refractivity contribution >= 4 is 28.8 Å². The van der Waals surface area contributed by atoms with Crippen LogP contribution in [-0.4, -0.2) is 43.2 Å². The second-order valence-corrected chi connectivity index (χ2v) is 7.72. The van der Waals surface area contributed by atoms with Gasteiger partial charge in [0.1, 0.15) is 6.54 Å². The largest absolute Gasteiger partial charge is 0.471 e. The summed E-state index contributed by atoms with van der Waals surface area (Å²) in [4.78, 5) is 30.3. The monoisotopic (exact) mass is 429 g/mol. The molecule has 0 radical (unpaired) electrons. The minimum atomic E-state index is -4.99. The third-order valence-corrected chi connectivity index (χ3v) is 5.59. The topological polar surface area (TPSA) is 61.8 Å². The normalized spacial score (nSPS) is 16.9. The van der Waals surface area contributed by atoms with E-state index in [0.717, 1.165) is 25.7 Å². The van der Waals surface area contributed by atoms with E-state index >= 15 is 0 Å². The maximum atomic E-state index is 13.0. The zero-order chi connectivity index (χ0) is 22.0. The molecule has 0 spiro atoms. The van der Waals surface area contributed by atoms with Crippen LogP contribution in [0.5, 0.6) is 0 Å². The standard InChI is InChI=1S/C23H22F3N3O2/c24-23(25,26)22(31)28-18-13-15(9-10-19(18)29-11-5-1-2-6-12-29)21-17-8-4-3-7-16(17)20(30)14-27-21/h3-4,7-10,13H,1-2,5-6,11-12,14H2,(H,28,31). The fraction of sp³-hybridized carbons (Fsp3) is 0.348. The van der Waals surface area contributed by atoms with Gasteiger partial charge < -0.3 is 10.2 Å². The molecule has 0 aromatic heterocycles. The molecule has 162 valence electrons. The van der Waals surface area contributed by atoms with Crippen molar-refractivity contribution in [2.45, 2.75) is 31.9 Å². The molecule has 0 saturated carbocycles. The third-order valence-electron chi connectivity index (χ3n) is 5.59. The quantitative estimate of drug-likeness (QED) is 0.776. The Labute approximate surface area is 178 Å². The number of Topliss-reactive ketones (excluding diaryl/α,β-unsaturated/α-hetero) is 1. The lowest BCUT2D eigenvalue weighted by Crippen LogP contribution is -2.32. The average Bonchev–Trinajstić information content (AvgIpc) is 3.03. The van der Waals surface area contributed by atoms with Gasteiger partial charge in [-0.15, -0.1) is 0 Å². The number of nitrogens with zero attached hydrogens (tertiary/aromatic N) is 2. The van der Waals surface area contributed by atoms with Gasteiger partial charge in [-0.25, -0.2) is 0 Å². The van der Waals surface area contributed by atoms with Gasteiger partial charge in [0.25, 0.3) is 0 Å². The predicted octanol–water partition coefficient (Wildman–Crippen LogP) is 4.60. The molecule has 1 N–H and O–H groups in total. The second-order valence-electron chi connectivity index (χ2n) is 7.72. The van der Waals surface area contributed by atoms with Gasteiger partial charge in [-0.3, -0.25) is 14.6 Å². The van der Waals surface area contributed by atoms with E-state index in [0.29, 0.717) is 41.2 Å². The van der Waals surface area contributed by atoms with Crippen molar-refractivity contribution in [3.63, 3.8) is 0 Å². The summed E-state index contributed by atoms with van der Waals surface area (Å²) in [5.41, 5.74) is 2.90. The molecule has 5 nitrogen and oxygen atoms in total. The summed E-state index contributed by atoms with van der Waals surface area (Å²) in [5, 5.41) is 2.05. The molecular formula is C23H22F3N3O2. The number of hydrogen-bond donors (Lipinski definition) is 1. The van der Waals surface area contributed by atoms with Crippen LogP contribution in [-0.2, 0) is 4.79 Å². The van der Waals surface area contributed by atoms with E-state index in [1.54, 1.807) is 36.4 Å². The molecule has 0 atom stereocenters. The SMILES string of the molecule is O=C1CN=C(c2ccc(N3CCCCCC3)c(NC(=O)C(F)(F)F)c2)c2ccccc21. The van der Waals surface area contributed by atoms with Gasteiger partial charge in [0, 0.05) is 29.8 Å². The van der Waals surface area contributed by atoms with Crippen molar-refractivity contribution in [1.29, 1.82) is 0 Å². The summed E-state index contributed by atoms with van der Waals surface area (Å²) < 4.78 is 38.9. The molecule has 1 amide bonds. The molecule has 31 heavy (non-hydrogen) atoms. The molecule has 2 aliphatic heterocycles. The summed E-state index contributed by atoms with van der Waals surface area (Å²) >= 11 is 0. The number of halogens is 3. The molecule has 0 aliphatic carbocycles. The van der Waals surface area contributed by atoms with Gasteiger partial charge in [0.2, 0.25) is 0 Å². The molecule has 0 bridgehead atoms. The lowest BCUT2D eigenvalue weighted by molar-refractivity contribution is -0.167. The van der Waals surface area contributed by atoms with E-state index < -0.39 is 12.1 Å². The molecule has 2 aromatic rings. The summed E-state index contributed by atoms with van der Waals surface area (Å²) in [5.74, 6) is -2.12. The van der Waals surface area contributed by atoms with Gasteiger partial charge in [-0.1, -0.05) is 43.2 Å². The van der Waals surface area contributed by atoms with Crippen molar-refractivity contribution in [3.05, 3.63) is 59.2 Å². The lowest BCUT2D eigenvalue weighted by Gasteiger charge is -2.26. The smallest absolute Gasteiger partial charge is 0.370 e. The van der Waals surface area contributed by atoms with Crippen LogP contribution in [0.4, 0.5) is 24.5 Å². The zero-order valence-corrected chi connectivity index (χ0v) is 16.8. The number of ketones is 1. The number of nitrogens with one attached hydrogen (secondary N) is 1. The van der Waals surface area contributed by atoms with Crippen LogP contribution in [0.15, 0.2) is 47.5 Å². The Morgan fingerprint density at radius 1 is 0.968 bits per heavy atom. The molecule has 1 saturated heterocycles. The highest BCUT2D eigenvalue weighted by Gasteiger charge is 2.39. The Morgan fingerprint density at radius 2 is 1.65 bits per heavy atom. The molecule has 4 rings (SSSR count). The van der Waals surface area contributed by atoms with Crippen LogP contribution in [0, 0.1) is 0 Å². The first-order valence-corrected chi connectivity index (χ1v) is 10.3. The Morgan fingerprint density at radius 3 is 2.32 bits per heavy atom. The Balaban J connectivity index is 1.76. The predicted molar refractivity (Wildman–Crippen MR) is 113 cm³/mol. The summed E-state index contributed by atoms with van der Waals surface area (Å²) in [6.07, 6.45) is -0.971. The molecule has 2 aromatic carbocycles. The van der Waals surface area contributed by atoms with Gasteiger partial charge in [0.05, 0.1) is 17.1 Å². The second kappa shape index (κ2) is 8.53. The van der Waals surface area contributed by atoms with Crippen LogP contribution < -0.4 is 10.2 Å². The van der Waals surface area contributed by atoms with E-state index in [9.17, 15) is 22.8 Å². The number of carbonyl (C=O) groups excluding carboxylic acids is 2. The summed E-state index contributed by atoms with van der Waals surface area (Å²) in [6.45, 7) is 1.41. The van der Waals surface area contributed by atoms with Crippen molar-refractivity contribution < 1.29 is 22.8 Å². The molecular weight excluding hydrogens is 407 g/mol. The van der Waals surface area contributed by atoms with E-state index in [2.05, 4.69) is 10.3 Å².